The smallest absolute Gasteiger partial charge is 0.405 e. The quantitative estimate of drug-likeness (QED) is 0.653. The predicted molar refractivity (Wildman–Crippen MR) is 72.6 cm³/mol. The molecule has 0 saturated carbocycles. The summed E-state index contributed by atoms with van der Waals surface area (Å²) in [7, 11) is 0. The van der Waals surface area contributed by atoms with Gasteiger partial charge < -0.3 is 9.64 Å². The average Bonchev–Trinajstić information content (AvgIpc) is 2.44. The van der Waals surface area contributed by atoms with Crippen LogP contribution in [0, 0.1) is 0 Å². The van der Waals surface area contributed by atoms with E-state index >= 15 is 0 Å². The molecule has 6 nitrogen and oxygen atoms in total. The minimum atomic E-state index is -4.91. The zero-order chi connectivity index (χ0) is 17.2. The van der Waals surface area contributed by atoms with Crippen LogP contribution in [-0.2, 0) is 4.79 Å². The molecule has 1 saturated heterocycles. The van der Waals surface area contributed by atoms with Gasteiger partial charge in [0.25, 0.3) is 11.8 Å². The Morgan fingerprint density at radius 3 is 2.61 bits per heavy atom. The molecular formula is C14H13F3N2O4. The molecule has 1 aromatic carbocycles. The fourth-order valence-corrected chi connectivity index (χ4v) is 2.19. The number of likely N-dealkylation sites (tertiary alicyclic amines) is 1. The van der Waals surface area contributed by atoms with Crippen molar-refractivity contribution in [3.05, 3.63) is 35.9 Å². The summed E-state index contributed by atoms with van der Waals surface area (Å²) in [5, 5.41) is 8.59. The number of benzene rings is 1. The molecule has 1 aliphatic heterocycles. The van der Waals surface area contributed by atoms with Crippen LogP contribution in [0.25, 0.3) is 6.08 Å². The monoisotopic (exact) mass is 330 g/mol. The second-order valence-corrected chi connectivity index (χ2v) is 4.78. The van der Waals surface area contributed by atoms with Crippen LogP contribution in [0.4, 0.5) is 13.2 Å². The molecule has 0 radical (unpaired) electrons. The summed E-state index contributed by atoms with van der Waals surface area (Å²) in [5.41, 5.74) is 1.46. The summed E-state index contributed by atoms with van der Waals surface area (Å²) in [6.45, 7) is 3.64. The first-order valence-electron chi connectivity index (χ1n) is 6.54. The Labute approximate surface area is 129 Å². The van der Waals surface area contributed by atoms with E-state index in [4.69, 9.17) is 5.21 Å². The van der Waals surface area contributed by atoms with E-state index in [0.717, 1.165) is 11.0 Å². The van der Waals surface area contributed by atoms with Crippen molar-refractivity contribution in [3.8, 4) is 5.75 Å². The van der Waals surface area contributed by atoms with Crippen LogP contribution in [-0.4, -0.2) is 40.9 Å². The van der Waals surface area contributed by atoms with Gasteiger partial charge in [-0.1, -0.05) is 18.7 Å². The summed E-state index contributed by atoms with van der Waals surface area (Å²) in [6, 6.07) is 2.68. The maximum atomic E-state index is 12.4. The molecule has 0 bridgehead atoms. The van der Waals surface area contributed by atoms with Crippen molar-refractivity contribution in [2.45, 2.75) is 18.8 Å². The summed E-state index contributed by atoms with van der Waals surface area (Å²) in [6.07, 6.45) is -3.38. The van der Waals surface area contributed by atoms with Crippen LogP contribution >= 0.6 is 0 Å². The molecule has 0 aromatic heterocycles. The van der Waals surface area contributed by atoms with Gasteiger partial charge in [0.1, 0.15) is 11.8 Å². The molecule has 9 heteroatoms. The van der Waals surface area contributed by atoms with Gasteiger partial charge in [-0.2, -0.15) is 0 Å². The van der Waals surface area contributed by atoms with Crippen LogP contribution in [0.1, 0.15) is 22.3 Å². The molecule has 124 valence electrons. The van der Waals surface area contributed by atoms with Gasteiger partial charge in [0.2, 0.25) is 0 Å². The molecule has 23 heavy (non-hydrogen) atoms. The summed E-state index contributed by atoms with van der Waals surface area (Å²) < 4.78 is 41.1. The number of nitrogens with zero attached hydrogens (tertiary/aromatic N) is 1. The number of hydrogen-bond acceptors (Lipinski definition) is 4. The fourth-order valence-electron chi connectivity index (χ4n) is 2.19. The highest BCUT2D eigenvalue weighted by atomic mass is 19.4. The van der Waals surface area contributed by atoms with Crippen LogP contribution in [0.3, 0.4) is 0 Å². The number of amides is 2. The highest BCUT2D eigenvalue weighted by Gasteiger charge is 2.38. The molecule has 1 fully saturated rings. The predicted octanol–water partition coefficient (Wildman–Crippen LogP) is 1.95. The van der Waals surface area contributed by atoms with Crippen LogP contribution in [0.15, 0.2) is 24.8 Å². The van der Waals surface area contributed by atoms with Crippen molar-refractivity contribution in [1.29, 1.82) is 0 Å². The maximum absolute atomic E-state index is 12.4. The Balaban J connectivity index is 2.26. The van der Waals surface area contributed by atoms with Gasteiger partial charge in [0.05, 0.1) is 0 Å². The lowest BCUT2D eigenvalue weighted by molar-refractivity contribution is -0.274. The first-order valence-corrected chi connectivity index (χ1v) is 6.54. The number of alkyl halides is 3. The van der Waals surface area contributed by atoms with E-state index in [1.807, 2.05) is 0 Å². The van der Waals surface area contributed by atoms with Crippen molar-refractivity contribution >= 4 is 17.9 Å². The van der Waals surface area contributed by atoms with Crippen LogP contribution < -0.4 is 10.2 Å². The molecule has 1 aliphatic rings. The Morgan fingerprint density at radius 2 is 2.13 bits per heavy atom. The van der Waals surface area contributed by atoms with Crippen LogP contribution in [0.2, 0.25) is 0 Å². The minimum absolute atomic E-state index is 0.0645. The molecule has 0 unspecified atom stereocenters. The van der Waals surface area contributed by atoms with Gasteiger partial charge in [-0.15, -0.1) is 13.2 Å². The van der Waals surface area contributed by atoms with E-state index in [1.165, 1.54) is 23.7 Å². The first-order chi connectivity index (χ1) is 10.8. The van der Waals surface area contributed by atoms with Crippen molar-refractivity contribution in [2.24, 2.45) is 0 Å². The second kappa shape index (κ2) is 6.29. The number of carbonyl (C=O) groups is 2. The maximum Gasteiger partial charge on any atom is 0.573 e. The zero-order valence-electron chi connectivity index (χ0n) is 11.8. The average molecular weight is 330 g/mol. The van der Waals surface area contributed by atoms with Gasteiger partial charge in [0, 0.05) is 17.7 Å². The lowest BCUT2D eigenvalue weighted by atomic mass is 10.00. The number of ether oxygens (including phenoxy) is 1. The normalized spacial score (nSPS) is 17.2. The van der Waals surface area contributed by atoms with E-state index in [2.05, 4.69) is 11.3 Å². The number of halogens is 3. The molecule has 0 spiro atoms. The van der Waals surface area contributed by atoms with E-state index in [-0.39, 0.29) is 17.7 Å². The Bertz CT molecular complexity index is 645. The summed E-state index contributed by atoms with van der Waals surface area (Å²) in [4.78, 5) is 24.8. The molecule has 0 aliphatic carbocycles. The summed E-state index contributed by atoms with van der Waals surface area (Å²) in [5.74, 6) is -1.94. The molecule has 2 N–H and O–H groups in total. The summed E-state index contributed by atoms with van der Waals surface area (Å²) >= 11 is 0. The van der Waals surface area contributed by atoms with Gasteiger partial charge >= 0.3 is 6.36 Å². The fraction of sp³-hybridized carbons (Fsp3) is 0.286. The second-order valence-electron chi connectivity index (χ2n) is 4.78. The zero-order valence-corrected chi connectivity index (χ0v) is 11.8. The van der Waals surface area contributed by atoms with Crippen LogP contribution in [0.5, 0.6) is 5.75 Å². The number of carbonyl (C=O) groups excluding carboxylic acids is 2. The SMILES string of the molecule is C=Cc1ccc(C(=O)N2CC[C@@H]2C(=O)NO)cc1OC(F)(F)F. The molecule has 1 atom stereocenters. The molecule has 1 heterocycles. The number of nitrogens with one attached hydrogen (secondary N) is 1. The largest absolute Gasteiger partial charge is 0.573 e. The first kappa shape index (κ1) is 16.8. The Hall–Kier alpha value is -2.55. The van der Waals surface area contributed by atoms with Crippen molar-refractivity contribution in [1.82, 2.24) is 10.4 Å². The topological polar surface area (TPSA) is 78.9 Å². The van der Waals surface area contributed by atoms with Gasteiger partial charge in [-0.25, -0.2) is 5.48 Å². The third-order valence-corrected chi connectivity index (χ3v) is 3.40. The highest BCUT2D eigenvalue weighted by molar-refractivity contribution is 5.99. The number of rotatable bonds is 4. The molecule has 2 amide bonds. The third kappa shape index (κ3) is 3.62. The molecule has 2 rings (SSSR count). The molecular weight excluding hydrogens is 317 g/mol. The van der Waals surface area contributed by atoms with Crippen molar-refractivity contribution < 1.29 is 32.7 Å². The Morgan fingerprint density at radius 1 is 1.43 bits per heavy atom. The van der Waals surface area contributed by atoms with E-state index in [9.17, 15) is 22.8 Å². The van der Waals surface area contributed by atoms with E-state index in [0.29, 0.717) is 6.42 Å². The lowest BCUT2D eigenvalue weighted by Gasteiger charge is -2.39. The van der Waals surface area contributed by atoms with Gasteiger partial charge in [-0.05, 0) is 18.6 Å². The number of hydroxylamine groups is 1. The highest BCUT2D eigenvalue weighted by Crippen LogP contribution is 2.30. The standard InChI is InChI=1S/C14H13F3N2O4/c1-2-8-3-4-9(7-11(8)23-14(15,16)17)13(21)19-6-5-10(19)12(20)18-22/h2-4,7,10,22H,1,5-6H2,(H,18,20)/t10-/m1/s1. The number of hydrogen-bond donors (Lipinski definition) is 2. The molecule has 1 aromatic rings. The van der Waals surface area contributed by atoms with Crippen molar-refractivity contribution in [2.75, 3.05) is 6.54 Å². The van der Waals surface area contributed by atoms with Crippen molar-refractivity contribution in [3.63, 3.8) is 0 Å². The lowest BCUT2D eigenvalue weighted by Crippen LogP contribution is -2.57. The van der Waals surface area contributed by atoms with Gasteiger partial charge in [0.15, 0.2) is 0 Å². The van der Waals surface area contributed by atoms with Gasteiger partial charge in [-0.3, -0.25) is 14.8 Å². The Kier molecular flexibility index (Phi) is 4.60. The minimum Gasteiger partial charge on any atom is -0.405 e. The van der Waals surface area contributed by atoms with E-state index in [1.54, 1.807) is 0 Å². The third-order valence-electron chi connectivity index (χ3n) is 3.40. The van der Waals surface area contributed by atoms with E-state index < -0.39 is 30.0 Å².